The number of nitrogens with zero attached hydrogens (tertiary/aromatic N) is 2. The molecule has 212 valence electrons. The lowest BCUT2D eigenvalue weighted by molar-refractivity contribution is -0.632. The van der Waals surface area contributed by atoms with Crippen molar-refractivity contribution in [2.24, 2.45) is 17.6 Å². The van der Waals surface area contributed by atoms with Gasteiger partial charge in [0.2, 0.25) is 11.8 Å². The molecular weight excluding hydrogens is 528 g/mol. The zero-order chi connectivity index (χ0) is 28.4. The molecule has 2 aromatic carbocycles. The van der Waals surface area contributed by atoms with E-state index in [0.29, 0.717) is 37.5 Å². The Morgan fingerprint density at radius 2 is 1.93 bits per heavy atom. The number of nitrogens with one attached hydrogen (secondary N) is 2. The molecule has 4 amide bonds. The number of anilines is 1. The SMILES string of the molecule is C[NH2+]C[C@H]1Cc2cc(Cl)ccc2N(C(=O)C(NC(=O)N2CCC(C(N)=O)CC2)C(C)c2c[nH]c3ccccc23)C1. The van der Waals surface area contributed by atoms with Crippen molar-refractivity contribution in [3.8, 4) is 0 Å². The molecule has 40 heavy (non-hydrogen) atoms. The Hall–Kier alpha value is -3.56. The van der Waals surface area contributed by atoms with Gasteiger partial charge in [0.1, 0.15) is 6.04 Å². The number of H-pyrrole nitrogens is 1. The quantitative estimate of drug-likeness (QED) is 0.351. The Balaban J connectivity index is 1.47. The first-order valence-corrected chi connectivity index (χ1v) is 14.4. The second kappa shape index (κ2) is 11.9. The minimum Gasteiger partial charge on any atom is -0.369 e. The fourth-order valence-corrected chi connectivity index (χ4v) is 6.42. The summed E-state index contributed by atoms with van der Waals surface area (Å²) >= 11 is 6.34. The predicted octanol–water partition coefficient (Wildman–Crippen LogP) is 2.60. The summed E-state index contributed by atoms with van der Waals surface area (Å²) in [6.07, 6.45) is 3.82. The molecule has 0 radical (unpaired) electrons. The average molecular weight is 566 g/mol. The fourth-order valence-electron chi connectivity index (χ4n) is 6.22. The van der Waals surface area contributed by atoms with Gasteiger partial charge >= 0.3 is 6.03 Å². The van der Waals surface area contributed by atoms with E-state index in [9.17, 15) is 14.4 Å². The lowest BCUT2D eigenvalue weighted by Crippen LogP contribution is -2.82. The number of carbonyl (C=O) groups is 3. The first kappa shape index (κ1) is 28.0. The smallest absolute Gasteiger partial charge is 0.318 e. The molecule has 0 saturated carbocycles. The number of rotatable bonds is 7. The van der Waals surface area contributed by atoms with Crippen molar-refractivity contribution in [3.05, 3.63) is 64.8 Å². The average Bonchev–Trinajstić information content (AvgIpc) is 3.39. The van der Waals surface area contributed by atoms with E-state index >= 15 is 0 Å². The number of nitrogens with two attached hydrogens (primary N) is 2. The highest BCUT2D eigenvalue weighted by Gasteiger charge is 2.38. The van der Waals surface area contributed by atoms with Crippen molar-refractivity contribution in [2.75, 3.05) is 38.1 Å². The largest absolute Gasteiger partial charge is 0.369 e. The number of amides is 4. The number of piperidine rings is 1. The van der Waals surface area contributed by atoms with Crippen LogP contribution < -0.4 is 21.3 Å². The molecule has 10 heteroatoms. The summed E-state index contributed by atoms with van der Waals surface area (Å²) in [6.45, 7) is 4.26. The number of fused-ring (bicyclic) bond motifs is 2. The number of hydrogen-bond donors (Lipinski definition) is 4. The highest BCUT2D eigenvalue weighted by atomic mass is 35.5. The van der Waals surface area contributed by atoms with E-state index in [0.717, 1.165) is 40.7 Å². The molecule has 2 aliphatic rings. The van der Waals surface area contributed by atoms with Crippen molar-refractivity contribution in [2.45, 2.75) is 38.1 Å². The number of carbonyl (C=O) groups excluding carboxylic acids is 3. The summed E-state index contributed by atoms with van der Waals surface area (Å²) in [5, 5.41) is 6.90. The van der Waals surface area contributed by atoms with E-state index in [1.165, 1.54) is 0 Å². The number of aromatic amines is 1. The monoisotopic (exact) mass is 565 g/mol. The van der Waals surface area contributed by atoms with E-state index < -0.39 is 6.04 Å². The van der Waals surface area contributed by atoms with Crippen LogP contribution in [0.1, 0.15) is 36.8 Å². The number of quaternary nitrogens is 1. The van der Waals surface area contributed by atoms with Crippen LogP contribution in [0.5, 0.6) is 0 Å². The minimum absolute atomic E-state index is 0.150. The second-order valence-corrected chi connectivity index (χ2v) is 11.5. The first-order valence-electron chi connectivity index (χ1n) is 14.0. The van der Waals surface area contributed by atoms with Crippen molar-refractivity contribution >= 4 is 46.0 Å². The summed E-state index contributed by atoms with van der Waals surface area (Å²) in [4.78, 5) is 46.5. The molecule has 3 heterocycles. The molecule has 1 fully saturated rings. The van der Waals surface area contributed by atoms with Crippen LogP contribution in [0.3, 0.4) is 0 Å². The fraction of sp³-hybridized carbons (Fsp3) is 0.433. The molecule has 0 bridgehead atoms. The number of hydrogen-bond acceptors (Lipinski definition) is 3. The molecular formula is C30H38ClN6O3+. The van der Waals surface area contributed by atoms with Crippen LogP contribution in [-0.2, 0) is 16.0 Å². The van der Waals surface area contributed by atoms with Crippen LogP contribution in [0.4, 0.5) is 10.5 Å². The normalized spacial score (nSPS) is 19.2. The Bertz CT molecular complexity index is 1400. The van der Waals surface area contributed by atoms with Gasteiger partial charge in [-0.15, -0.1) is 0 Å². The third-order valence-electron chi connectivity index (χ3n) is 8.46. The van der Waals surface area contributed by atoms with Gasteiger partial charge in [-0.25, -0.2) is 4.79 Å². The summed E-state index contributed by atoms with van der Waals surface area (Å²) < 4.78 is 0. The maximum Gasteiger partial charge on any atom is 0.318 e. The Morgan fingerprint density at radius 1 is 1.18 bits per heavy atom. The van der Waals surface area contributed by atoms with Crippen LogP contribution in [0.25, 0.3) is 10.9 Å². The van der Waals surface area contributed by atoms with E-state index in [-0.39, 0.29) is 35.6 Å². The molecule has 1 saturated heterocycles. The van der Waals surface area contributed by atoms with Crippen LogP contribution in [0, 0.1) is 11.8 Å². The Kier molecular flexibility index (Phi) is 8.32. The van der Waals surface area contributed by atoms with Crippen molar-refractivity contribution in [3.63, 3.8) is 0 Å². The van der Waals surface area contributed by atoms with Gasteiger partial charge in [0, 0.05) is 65.2 Å². The zero-order valence-electron chi connectivity index (χ0n) is 23.0. The van der Waals surface area contributed by atoms with Gasteiger partial charge in [0.15, 0.2) is 0 Å². The topological polar surface area (TPSA) is 128 Å². The third-order valence-corrected chi connectivity index (χ3v) is 8.69. The van der Waals surface area contributed by atoms with Crippen LogP contribution in [0.2, 0.25) is 5.02 Å². The number of likely N-dealkylation sites (tertiary alicyclic amines) is 1. The predicted molar refractivity (Wildman–Crippen MR) is 156 cm³/mol. The van der Waals surface area contributed by atoms with E-state index in [2.05, 4.69) is 15.6 Å². The van der Waals surface area contributed by atoms with E-state index in [1.807, 2.05) is 67.5 Å². The molecule has 3 aromatic rings. The van der Waals surface area contributed by atoms with E-state index in [4.69, 9.17) is 17.3 Å². The molecule has 2 aliphatic heterocycles. The lowest BCUT2D eigenvalue weighted by atomic mass is 9.88. The maximum atomic E-state index is 14.5. The number of halogens is 1. The number of aromatic nitrogens is 1. The highest BCUT2D eigenvalue weighted by molar-refractivity contribution is 6.30. The van der Waals surface area contributed by atoms with Gasteiger partial charge in [-0.2, -0.15) is 0 Å². The number of benzene rings is 2. The van der Waals surface area contributed by atoms with Crippen LogP contribution in [-0.4, -0.2) is 67.0 Å². The standard InChI is InChI=1S/C30H37ClN6O3/c1-18(24-16-34-25-6-4-3-5-23(24)25)27(35-30(40)36-11-9-20(10-12-36)28(32)38)29(39)37-17-19(15-33-2)13-21-14-22(31)7-8-26(21)37/h3-8,14,16,18-20,27,33-34H,9-13,15,17H2,1-2H3,(H2,32,38)(H,35,40)/p+1/t18?,19-,27?/m1/s1. The zero-order valence-corrected chi connectivity index (χ0v) is 23.8. The minimum atomic E-state index is -0.812. The Labute approximate surface area is 239 Å². The summed E-state index contributed by atoms with van der Waals surface area (Å²) in [6, 6.07) is 12.5. The van der Waals surface area contributed by atoms with Crippen molar-refractivity contribution in [1.82, 2.24) is 15.2 Å². The van der Waals surface area contributed by atoms with Gasteiger partial charge in [0.05, 0.1) is 13.6 Å². The molecule has 0 aliphatic carbocycles. The van der Waals surface area contributed by atoms with Gasteiger partial charge in [-0.3, -0.25) is 9.59 Å². The van der Waals surface area contributed by atoms with Crippen LogP contribution in [0.15, 0.2) is 48.7 Å². The lowest BCUT2D eigenvalue weighted by Gasteiger charge is -2.38. The second-order valence-electron chi connectivity index (χ2n) is 11.1. The van der Waals surface area contributed by atoms with Gasteiger partial charge in [0.25, 0.3) is 0 Å². The molecule has 9 nitrogen and oxygen atoms in total. The van der Waals surface area contributed by atoms with Gasteiger partial charge < -0.3 is 31.2 Å². The van der Waals surface area contributed by atoms with Gasteiger partial charge in [-0.05, 0) is 54.7 Å². The third kappa shape index (κ3) is 5.67. The maximum absolute atomic E-state index is 14.5. The number of urea groups is 1. The van der Waals surface area contributed by atoms with E-state index in [1.54, 1.807) is 4.90 Å². The molecule has 2 unspecified atom stereocenters. The molecule has 5 rings (SSSR count). The summed E-state index contributed by atoms with van der Waals surface area (Å²) in [7, 11) is 2.03. The number of primary amides is 1. The van der Waals surface area contributed by atoms with Crippen molar-refractivity contribution in [1.29, 1.82) is 0 Å². The van der Waals surface area contributed by atoms with Crippen molar-refractivity contribution < 1.29 is 19.7 Å². The van der Waals surface area contributed by atoms with Crippen LogP contribution >= 0.6 is 11.6 Å². The summed E-state index contributed by atoms with van der Waals surface area (Å²) in [5.74, 6) is -0.765. The highest BCUT2D eigenvalue weighted by Crippen LogP contribution is 2.35. The Morgan fingerprint density at radius 3 is 2.65 bits per heavy atom. The molecule has 1 aromatic heterocycles. The van der Waals surface area contributed by atoms with Gasteiger partial charge in [-0.1, -0.05) is 36.7 Å². The number of para-hydroxylation sites is 1. The molecule has 3 atom stereocenters. The summed E-state index contributed by atoms with van der Waals surface area (Å²) in [5.41, 5.74) is 9.32. The first-order chi connectivity index (χ1) is 19.3. The molecule has 0 spiro atoms. The molecule has 6 N–H and O–H groups in total.